The molecule has 0 spiro atoms. The number of nitrogens with one attached hydrogen (secondary N) is 1. The predicted molar refractivity (Wildman–Crippen MR) is 62.4 cm³/mol. The zero-order valence-electron chi connectivity index (χ0n) is 9.03. The van der Waals surface area contributed by atoms with Crippen LogP contribution in [0.1, 0.15) is 13.3 Å². The van der Waals surface area contributed by atoms with Gasteiger partial charge in [0.1, 0.15) is 0 Å². The zero-order valence-corrected chi connectivity index (χ0v) is 9.84. The molecule has 0 atom stereocenters. The molecule has 16 heavy (non-hydrogen) atoms. The van der Waals surface area contributed by atoms with E-state index in [1.54, 1.807) is 11.8 Å². The smallest absolute Gasteiger partial charge is 0.194 e. The van der Waals surface area contributed by atoms with Gasteiger partial charge in [-0.15, -0.1) is 0 Å². The average molecular weight is 249 g/mol. The summed E-state index contributed by atoms with van der Waals surface area (Å²) in [6, 6.07) is 1.93. The standard InChI is InChI=1S/C11H14F3NS/c1-2-16-5-3-4-15-8-6-9(12)11(14)10(13)7-8/h6-7,15H,2-5H2,1H3. The minimum Gasteiger partial charge on any atom is -0.385 e. The minimum absolute atomic E-state index is 0.276. The second-order valence-electron chi connectivity index (χ2n) is 3.23. The molecule has 0 saturated heterocycles. The van der Waals surface area contributed by atoms with Gasteiger partial charge in [-0.1, -0.05) is 6.92 Å². The third kappa shape index (κ3) is 3.96. The molecule has 0 unspecified atom stereocenters. The maximum Gasteiger partial charge on any atom is 0.194 e. The molecule has 1 N–H and O–H groups in total. The summed E-state index contributed by atoms with van der Waals surface area (Å²) in [7, 11) is 0. The Morgan fingerprint density at radius 3 is 2.38 bits per heavy atom. The van der Waals surface area contributed by atoms with E-state index in [4.69, 9.17) is 0 Å². The van der Waals surface area contributed by atoms with E-state index in [1.165, 1.54) is 0 Å². The number of thioether (sulfide) groups is 1. The van der Waals surface area contributed by atoms with E-state index in [-0.39, 0.29) is 5.69 Å². The molecule has 90 valence electrons. The van der Waals surface area contributed by atoms with E-state index in [0.29, 0.717) is 6.54 Å². The van der Waals surface area contributed by atoms with Crippen LogP contribution >= 0.6 is 11.8 Å². The highest BCUT2D eigenvalue weighted by atomic mass is 32.2. The monoisotopic (exact) mass is 249 g/mol. The highest BCUT2D eigenvalue weighted by Crippen LogP contribution is 2.17. The van der Waals surface area contributed by atoms with Gasteiger partial charge in [0.25, 0.3) is 0 Å². The van der Waals surface area contributed by atoms with Gasteiger partial charge in [0.05, 0.1) is 0 Å². The van der Waals surface area contributed by atoms with Crippen LogP contribution in [0.4, 0.5) is 18.9 Å². The molecule has 0 bridgehead atoms. The summed E-state index contributed by atoms with van der Waals surface area (Å²) in [4.78, 5) is 0. The van der Waals surface area contributed by atoms with Gasteiger partial charge in [0.15, 0.2) is 17.5 Å². The van der Waals surface area contributed by atoms with Crippen LogP contribution in [-0.2, 0) is 0 Å². The van der Waals surface area contributed by atoms with Crippen molar-refractivity contribution in [3.8, 4) is 0 Å². The van der Waals surface area contributed by atoms with Gasteiger partial charge in [-0.05, 0) is 17.9 Å². The number of anilines is 1. The van der Waals surface area contributed by atoms with E-state index >= 15 is 0 Å². The van der Waals surface area contributed by atoms with Crippen LogP contribution in [0.2, 0.25) is 0 Å². The summed E-state index contributed by atoms with van der Waals surface area (Å²) in [6.07, 6.45) is 0.902. The SMILES string of the molecule is CCSCCCNc1cc(F)c(F)c(F)c1. The molecule has 0 amide bonds. The average Bonchev–Trinajstić information content (AvgIpc) is 2.25. The first-order chi connectivity index (χ1) is 7.65. The van der Waals surface area contributed by atoms with Crippen molar-refractivity contribution < 1.29 is 13.2 Å². The second kappa shape index (κ2) is 6.68. The van der Waals surface area contributed by atoms with Crippen molar-refractivity contribution in [2.75, 3.05) is 23.4 Å². The maximum absolute atomic E-state index is 12.8. The molecule has 1 nitrogen and oxygen atoms in total. The molecular weight excluding hydrogens is 235 g/mol. The molecular formula is C11H14F3NS. The first-order valence-electron chi connectivity index (χ1n) is 5.11. The third-order valence-electron chi connectivity index (χ3n) is 1.98. The molecule has 0 aliphatic rings. The van der Waals surface area contributed by atoms with Gasteiger partial charge in [-0.25, -0.2) is 13.2 Å². The second-order valence-corrected chi connectivity index (χ2v) is 4.62. The summed E-state index contributed by atoms with van der Waals surface area (Å²) in [5, 5.41) is 2.85. The quantitative estimate of drug-likeness (QED) is 0.610. The Hall–Kier alpha value is -0.840. The van der Waals surface area contributed by atoms with E-state index in [9.17, 15) is 13.2 Å². The topological polar surface area (TPSA) is 12.0 Å². The van der Waals surface area contributed by atoms with Gasteiger partial charge in [0.2, 0.25) is 0 Å². The van der Waals surface area contributed by atoms with Crippen molar-refractivity contribution in [2.45, 2.75) is 13.3 Å². The Balaban J connectivity index is 2.43. The lowest BCUT2D eigenvalue weighted by atomic mass is 10.3. The summed E-state index contributed by atoms with van der Waals surface area (Å²) in [6.45, 7) is 2.69. The van der Waals surface area contributed by atoms with Gasteiger partial charge >= 0.3 is 0 Å². The van der Waals surface area contributed by atoms with Gasteiger partial charge in [-0.3, -0.25) is 0 Å². The molecule has 0 fully saturated rings. The first-order valence-corrected chi connectivity index (χ1v) is 6.26. The Labute approximate surface area is 97.4 Å². The summed E-state index contributed by atoms with van der Waals surface area (Å²) in [5.41, 5.74) is 0.276. The van der Waals surface area contributed by atoms with Crippen molar-refractivity contribution in [2.24, 2.45) is 0 Å². The Bertz CT molecular complexity index is 321. The molecule has 1 aromatic carbocycles. The van der Waals surface area contributed by atoms with E-state index in [0.717, 1.165) is 30.1 Å². The van der Waals surface area contributed by atoms with Crippen LogP contribution in [0.3, 0.4) is 0 Å². The Morgan fingerprint density at radius 1 is 1.19 bits per heavy atom. The number of hydrogen-bond acceptors (Lipinski definition) is 2. The number of hydrogen-bond donors (Lipinski definition) is 1. The van der Waals surface area contributed by atoms with Crippen molar-refractivity contribution in [1.29, 1.82) is 0 Å². The Morgan fingerprint density at radius 2 is 1.81 bits per heavy atom. The third-order valence-corrected chi connectivity index (χ3v) is 2.97. The fourth-order valence-electron chi connectivity index (χ4n) is 1.21. The molecule has 1 rings (SSSR count). The van der Waals surface area contributed by atoms with Crippen LogP contribution in [0, 0.1) is 17.5 Å². The van der Waals surface area contributed by atoms with E-state index < -0.39 is 17.5 Å². The summed E-state index contributed by atoms with van der Waals surface area (Å²) in [5.74, 6) is -1.70. The summed E-state index contributed by atoms with van der Waals surface area (Å²) >= 11 is 1.80. The van der Waals surface area contributed by atoms with Gasteiger partial charge in [0, 0.05) is 24.4 Å². The molecule has 0 aliphatic carbocycles. The fourth-order valence-corrected chi connectivity index (χ4v) is 1.85. The Kier molecular flexibility index (Phi) is 5.52. The number of benzene rings is 1. The molecule has 1 aromatic rings. The number of halogens is 3. The van der Waals surface area contributed by atoms with Gasteiger partial charge < -0.3 is 5.32 Å². The first kappa shape index (κ1) is 13.2. The van der Waals surface area contributed by atoms with Crippen molar-refractivity contribution >= 4 is 17.4 Å². The highest BCUT2D eigenvalue weighted by molar-refractivity contribution is 7.99. The molecule has 0 radical (unpaired) electrons. The highest BCUT2D eigenvalue weighted by Gasteiger charge is 2.09. The van der Waals surface area contributed by atoms with Crippen LogP contribution in [0.15, 0.2) is 12.1 Å². The van der Waals surface area contributed by atoms with Crippen LogP contribution in [-0.4, -0.2) is 18.1 Å². The van der Waals surface area contributed by atoms with Crippen molar-refractivity contribution in [3.63, 3.8) is 0 Å². The lowest BCUT2D eigenvalue weighted by Crippen LogP contribution is -2.04. The van der Waals surface area contributed by atoms with Crippen LogP contribution in [0.25, 0.3) is 0 Å². The van der Waals surface area contributed by atoms with E-state index in [1.807, 2.05) is 0 Å². The minimum atomic E-state index is -1.42. The molecule has 0 aromatic heterocycles. The maximum atomic E-state index is 12.8. The predicted octanol–water partition coefficient (Wildman–Crippen LogP) is 3.66. The van der Waals surface area contributed by atoms with Crippen molar-refractivity contribution in [1.82, 2.24) is 0 Å². The van der Waals surface area contributed by atoms with Gasteiger partial charge in [-0.2, -0.15) is 11.8 Å². The molecule has 5 heteroatoms. The largest absolute Gasteiger partial charge is 0.385 e. The fraction of sp³-hybridized carbons (Fsp3) is 0.455. The van der Waals surface area contributed by atoms with Crippen LogP contribution in [0.5, 0.6) is 0 Å². The summed E-state index contributed by atoms with van der Waals surface area (Å²) < 4.78 is 38.2. The van der Waals surface area contributed by atoms with Crippen molar-refractivity contribution in [3.05, 3.63) is 29.6 Å². The van der Waals surface area contributed by atoms with E-state index in [2.05, 4.69) is 12.2 Å². The lowest BCUT2D eigenvalue weighted by molar-refractivity contribution is 0.447. The van der Waals surface area contributed by atoms with Crippen LogP contribution < -0.4 is 5.32 Å². The molecule has 0 heterocycles. The molecule has 0 saturated carbocycles. The normalized spacial score (nSPS) is 10.5. The zero-order chi connectivity index (χ0) is 12.0. The molecule has 0 aliphatic heterocycles. The number of rotatable bonds is 6. The lowest BCUT2D eigenvalue weighted by Gasteiger charge is -2.06.